The lowest BCUT2D eigenvalue weighted by molar-refractivity contribution is -0.117. The molecule has 1 aromatic carbocycles. The van der Waals surface area contributed by atoms with Crippen LogP contribution in [0.4, 0.5) is 5.69 Å². The Morgan fingerprint density at radius 3 is 2.63 bits per heavy atom. The van der Waals surface area contributed by atoms with Gasteiger partial charge < -0.3 is 11.1 Å². The first-order valence-electron chi connectivity index (χ1n) is 7.35. The standard InChI is InChI=1S/C16H24N2O/c1-4-7-14(17)13-9-10(5-2)8-12-11(6-3)16(19)18-15(12)13/h8-9,11,14H,4-7,17H2,1-3H3,(H,18,19). The highest BCUT2D eigenvalue weighted by Gasteiger charge is 2.32. The molecule has 0 fully saturated rings. The predicted octanol–water partition coefficient (Wildman–Crippen LogP) is 3.49. The third kappa shape index (κ3) is 2.52. The van der Waals surface area contributed by atoms with E-state index < -0.39 is 0 Å². The van der Waals surface area contributed by atoms with Gasteiger partial charge in [0.1, 0.15) is 0 Å². The third-order valence-electron chi connectivity index (χ3n) is 4.01. The minimum absolute atomic E-state index is 0.00548. The van der Waals surface area contributed by atoms with Crippen molar-refractivity contribution in [3.63, 3.8) is 0 Å². The molecule has 0 radical (unpaired) electrons. The summed E-state index contributed by atoms with van der Waals surface area (Å²) in [4.78, 5) is 12.0. The number of aryl methyl sites for hydroxylation is 1. The van der Waals surface area contributed by atoms with E-state index in [1.54, 1.807) is 0 Å². The van der Waals surface area contributed by atoms with Gasteiger partial charge in [-0.1, -0.05) is 39.3 Å². The molecule has 0 saturated heterocycles. The van der Waals surface area contributed by atoms with E-state index in [0.717, 1.165) is 42.5 Å². The van der Waals surface area contributed by atoms with Crippen LogP contribution in [0.25, 0.3) is 0 Å². The van der Waals surface area contributed by atoms with Gasteiger partial charge in [-0.25, -0.2) is 0 Å². The summed E-state index contributed by atoms with van der Waals surface area (Å²) in [5, 5.41) is 3.04. The van der Waals surface area contributed by atoms with Crippen LogP contribution in [0.3, 0.4) is 0 Å². The summed E-state index contributed by atoms with van der Waals surface area (Å²) < 4.78 is 0. The van der Waals surface area contributed by atoms with Gasteiger partial charge >= 0.3 is 0 Å². The average molecular weight is 260 g/mol. The fourth-order valence-corrected chi connectivity index (χ4v) is 2.89. The Bertz CT molecular complexity index is 482. The number of carbonyl (C=O) groups is 1. The van der Waals surface area contributed by atoms with Crippen LogP contribution in [-0.4, -0.2) is 5.91 Å². The molecule has 0 aliphatic carbocycles. The molecule has 2 atom stereocenters. The summed E-state index contributed by atoms with van der Waals surface area (Å²) in [5.41, 5.74) is 10.8. The van der Waals surface area contributed by atoms with Gasteiger partial charge in [0.05, 0.1) is 5.92 Å². The number of rotatable bonds is 5. The molecule has 0 aromatic heterocycles. The Kier molecular flexibility index (Phi) is 4.25. The van der Waals surface area contributed by atoms with Crippen molar-refractivity contribution < 1.29 is 4.79 Å². The van der Waals surface area contributed by atoms with Crippen LogP contribution >= 0.6 is 0 Å². The van der Waals surface area contributed by atoms with E-state index in [9.17, 15) is 4.79 Å². The molecular weight excluding hydrogens is 236 g/mol. The Labute approximate surface area is 115 Å². The highest BCUT2D eigenvalue weighted by atomic mass is 16.2. The molecule has 2 unspecified atom stereocenters. The van der Waals surface area contributed by atoms with Crippen LogP contribution in [0.5, 0.6) is 0 Å². The van der Waals surface area contributed by atoms with Gasteiger partial charge in [-0.3, -0.25) is 4.79 Å². The highest BCUT2D eigenvalue weighted by molar-refractivity contribution is 6.03. The Morgan fingerprint density at radius 1 is 1.32 bits per heavy atom. The van der Waals surface area contributed by atoms with Gasteiger partial charge in [0.25, 0.3) is 0 Å². The molecule has 0 saturated carbocycles. The topological polar surface area (TPSA) is 55.1 Å². The third-order valence-corrected chi connectivity index (χ3v) is 4.01. The van der Waals surface area contributed by atoms with E-state index in [-0.39, 0.29) is 17.9 Å². The molecule has 3 N–H and O–H groups in total. The lowest BCUT2D eigenvalue weighted by Gasteiger charge is -2.17. The van der Waals surface area contributed by atoms with Crippen LogP contribution in [0.1, 0.15) is 68.7 Å². The van der Waals surface area contributed by atoms with E-state index in [4.69, 9.17) is 5.73 Å². The molecule has 3 nitrogen and oxygen atoms in total. The molecule has 1 aliphatic rings. The van der Waals surface area contributed by atoms with Gasteiger partial charge in [0.2, 0.25) is 5.91 Å². The molecule has 3 heteroatoms. The Morgan fingerprint density at radius 2 is 2.05 bits per heavy atom. The van der Waals surface area contributed by atoms with Crippen molar-refractivity contribution in [2.24, 2.45) is 5.73 Å². The molecular formula is C16H24N2O. The van der Waals surface area contributed by atoms with Gasteiger partial charge in [-0.15, -0.1) is 0 Å². The highest BCUT2D eigenvalue weighted by Crippen LogP contribution is 2.40. The second-order valence-electron chi connectivity index (χ2n) is 5.35. The van der Waals surface area contributed by atoms with Crippen LogP contribution in [-0.2, 0) is 11.2 Å². The van der Waals surface area contributed by atoms with Crippen LogP contribution in [0.15, 0.2) is 12.1 Å². The van der Waals surface area contributed by atoms with Crippen molar-refractivity contribution >= 4 is 11.6 Å². The van der Waals surface area contributed by atoms with Crippen molar-refractivity contribution in [3.05, 3.63) is 28.8 Å². The number of carbonyl (C=O) groups excluding carboxylic acids is 1. The molecule has 0 spiro atoms. The zero-order valence-electron chi connectivity index (χ0n) is 12.1. The zero-order chi connectivity index (χ0) is 14.0. The van der Waals surface area contributed by atoms with E-state index in [0.29, 0.717) is 0 Å². The number of nitrogens with one attached hydrogen (secondary N) is 1. The molecule has 104 valence electrons. The van der Waals surface area contributed by atoms with Gasteiger partial charge in [-0.2, -0.15) is 0 Å². The largest absolute Gasteiger partial charge is 0.325 e. The minimum atomic E-state index is -0.00548. The molecule has 0 bridgehead atoms. The maximum atomic E-state index is 12.0. The normalized spacial score (nSPS) is 19.2. The number of nitrogens with two attached hydrogens (primary N) is 1. The first kappa shape index (κ1) is 14.1. The molecule has 19 heavy (non-hydrogen) atoms. The van der Waals surface area contributed by atoms with Crippen LogP contribution in [0.2, 0.25) is 0 Å². The lowest BCUT2D eigenvalue weighted by atomic mass is 9.90. The minimum Gasteiger partial charge on any atom is -0.325 e. The predicted molar refractivity (Wildman–Crippen MR) is 79.3 cm³/mol. The van der Waals surface area contributed by atoms with Gasteiger partial charge in [-0.05, 0) is 36.0 Å². The van der Waals surface area contributed by atoms with Crippen LogP contribution < -0.4 is 11.1 Å². The monoisotopic (exact) mass is 260 g/mol. The fraction of sp³-hybridized carbons (Fsp3) is 0.562. The fourth-order valence-electron chi connectivity index (χ4n) is 2.89. The van der Waals surface area contributed by atoms with Crippen molar-refractivity contribution in [3.8, 4) is 0 Å². The molecule has 1 heterocycles. The number of amides is 1. The van der Waals surface area contributed by atoms with E-state index in [1.165, 1.54) is 5.56 Å². The van der Waals surface area contributed by atoms with Crippen molar-refractivity contribution in [2.75, 3.05) is 5.32 Å². The summed E-state index contributed by atoms with van der Waals surface area (Å²) in [6.45, 7) is 6.34. The SMILES string of the molecule is CCCC(N)c1cc(CC)cc2c1NC(=O)C2CC. The molecule has 1 aromatic rings. The molecule has 2 rings (SSSR count). The zero-order valence-corrected chi connectivity index (χ0v) is 12.1. The average Bonchev–Trinajstić information content (AvgIpc) is 2.72. The number of hydrogen-bond donors (Lipinski definition) is 2. The quantitative estimate of drug-likeness (QED) is 0.851. The second-order valence-corrected chi connectivity index (χ2v) is 5.35. The summed E-state index contributed by atoms with van der Waals surface area (Å²) in [6, 6.07) is 4.35. The van der Waals surface area contributed by atoms with Gasteiger partial charge in [0, 0.05) is 11.7 Å². The lowest BCUT2D eigenvalue weighted by Crippen LogP contribution is -2.14. The van der Waals surface area contributed by atoms with Crippen molar-refractivity contribution in [1.29, 1.82) is 0 Å². The number of benzene rings is 1. The maximum Gasteiger partial charge on any atom is 0.232 e. The van der Waals surface area contributed by atoms with Crippen molar-refractivity contribution in [2.45, 2.75) is 58.4 Å². The molecule has 1 aliphatic heterocycles. The summed E-state index contributed by atoms with van der Waals surface area (Å²) in [7, 11) is 0. The molecule has 1 amide bonds. The van der Waals surface area contributed by atoms with Gasteiger partial charge in [0.15, 0.2) is 0 Å². The number of fused-ring (bicyclic) bond motifs is 1. The second kappa shape index (κ2) is 5.74. The van der Waals surface area contributed by atoms with E-state index >= 15 is 0 Å². The first-order chi connectivity index (χ1) is 9.12. The summed E-state index contributed by atoms with van der Waals surface area (Å²) in [5.74, 6) is 0.116. The van der Waals surface area contributed by atoms with Crippen LogP contribution in [0, 0.1) is 0 Å². The van der Waals surface area contributed by atoms with E-state index in [1.807, 2.05) is 0 Å². The van der Waals surface area contributed by atoms with E-state index in [2.05, 4.69) is 38.2 Å². The Balaban J connectivity index is 2.50. The van der Waals surface area contributed by atoms with Crippen molar-refractivity contribution in [1.82, 2.24) is 0 Å². The first-order valence-corrected chi connectivity index (χ1v) is 7.35. The number of anilines is 1. The maximum absolute atomic E-state index is 12.0. The smallest absolute Gasteiger partial charge is 0.232 e. The Hall–Kier alpha value is -1.35. The summed E-state index contributed by atoms with van der Waals surface area (Å²) in [6.07, 6.45) is 3.82. The summed E-state index contributed by atoms with van der Waals surface area (Å²) >= 11 is 0. The number of hydrogen-bond acceptors (Lipinski definition) is 2.